The molecule has 0 spiro atoms. The second-order valence-corrected chi connectivity index (χ2v) is 5.85. The minimum Gasteiger partial charge on any atom is -0.306 e. The number of nitrogens with zero attached hydrogens (tertiary/aromatic N) is 3. The first kappa shape index (κ1) is 12.7. The monoisotopic (exact) mass is 321 g/mol. The second-order valence-electron chi connectivity index (χ2n) is 5.05. The lowest BCUT2D eigenvalue weighted by molar-refractivity contribution is 0.631. The van der Waals surface area contributed by atoms with Crippen molar-refractivity contribution < 1.29 is 0 Å². The molecule has 0 N–H and O–H groups in total. The van der Waals surface area contributed by atoms with Crippen LogP contribution in [-0.2, 0) is 26.4 Å². The van der Waals surface area contributed by atoms with Crippen molar-refractivity contribution in [3.8, 4) is 0 Å². The summed E-state index contributed by atoms with van der Waals surface area (Å²) in [7, 11) is 1.92. The Labute approximate surface area is 120 Å². The maximum Gasteiger partial charge on any atom is 0.251 e. The topological polar surface area (TPSA) is 39.8 Å². The van der Waals surface area contributed by atoms with Gasteiger partial charge in [0, 0.05) is 18.8 Å². The Morgan fingerprint density at radius 1 is 1.37 bits per heavy atom. The molecule has 1 aliphatic carbocycles. The highest BCUT2D eigenvalue weighted by molar-refractivity contribution is 9.10. The summed E-state index contributed by atoms with van der Waals surface area (Å²) in [4.78, 5) is 12.1. The van der Waals surface area contributed by atoms with Crippen LogP contribution >= 0.6 is 15.9 Å². The number of pyridine rings is 1. The molecule has 19 heavy (non-hydrogen) atoms. The van der Waals surface area contributed by atoms with Crippen LogP contribution in [0.4, 0.5) is 0 Å². The molecule has 0 aliphatic heterocycles. The molecule has 100 valence electrons. The third-order valence-corrected chi connectivity index (χ3v) is 4.85. The maximum absolute atomic E-state index is 12.1. The molecule has 3 rings (SSSR count). The number of hydrogen-bond donors (Lipinski definition) is 0. The predicted octanol–water partition coefficient (Wildman–Crippen LogP) is 2.19. The molecule has 0 aromatic carbocycles. The van der Waals surface area contributed by atoms with E-state index in [-0.39, 0.29) is 5.56 Å². The molecule has 0 bridgehead atoms. The highest BCUT2D eigenvalue weighted by Crippen LogP contribution is 2.24. The van der Waals surface area contributed by atoms with Crippen LogP contribution in [0.5, 0.6) is 0 Å². The van der Waals surface area contributed by atoms with E-state index in [4.69, 9.17) is 0 Å². The molecule has 0 fully saturated rings. The van der Waals surface area contributed by atoms with Gasteiger partial charge in [-0.3, -0.25) is 9.48 Å². The summed E-state index contributed by atoms with van der Waals surface area (Å²) in [6.45, 7) is 2.55. The summed E-state index contributed by atoms with van der Waals surface area (Å²) in [5, 5.41) is 4.38. The Bertz CT molecular complexity index is 699. The van der Waals surface area contributed by atoms with Gasteiger partial charge in [-0.05, 0) is 47.7 Å². The van der Waals surface area contributed by atoms with Gasteiger partial charge in [0.15, 0.2) is 0 Å². The smallest absolute Gasteiger partial charge is 0.251 e. The van der Waals surface area contributed by atoms with Crippen molar-refractivity contribution >= 4 is 15.9 Å². The Kier molecular flexibility index (Phi) is 3.09. The van der Waals surface area contributed by atoms with Gasteiger partial charge in [-0.25, -0.2) is 0 Å². The van der Waals surface area contributed by atoms with Gasteiger partial charge in [-0.2, -0.15) is 5.10 Å². The van der Waals surface area contributed by atoms with Crippen LogP contribution in [-0.4, -0.2) is 14.3 Å². The third-order valence-electron chi connectivity index (χ3n) is 3.82. The van der Waals surface area contributed by atoms with Crippen LogP contribution in [0.2, 0.25) is 0 Å². The van der Waals surface area contributed by atoms with Crippen molar-refractivity contribution in [1.29, 1.82) is 0 Å². The summed E-state index contributed by atoms with van der Waals surface area (Å²) in [6.07, 6.45) is 3.23. The first-order valence-corrected chi connectivity index (χ1v) is 7.27. The standard InChI is InChI=1S/C14H16BrN3O/c1-9-14(15)12(17(2)16-9)8-18-11-5-3-4-10(11)6-7-13(18)19/h6-7H,3-5,8H2,1-2H3. The third kappa shape index (κ3) is 2.06. The summed E-state index contributed by atoms with van der Waals surface area (Å²) in [6, 6.07) is 3.66. The molecule has 0 atom stereocenters. The van der Waals surface area contributed by atoms with Crippen LogP contribution in [0.25, 0.3) is 0 Å². The van der Waals surface area contributed by atoms with Crippen LogP contribution in [0.1, 0.15) is 29.1 Å². The number of fused-ring (bicyclic) bond motifs is 1. The number of aromatic nitrogens is 3. The minimum absolute atomic E-state index is 0.0754. The van der Waals surface area contributed by atoms with Gasteiger partial charge >= 0.3 is 0 Å². The Balaban J connectivity index is 2.09. The van der Waals surface area contributed by atoms with Crippen LogP contribution in [0.15, 0.2) is 21.4 Å². The summed E-state index contributed by atoms with van der Waals surface area (Å²) in [5.74, 6) is 0. The molecule has 0 saturated carbocycles. The van der Waals surface area contributed by atoms with E-state index < -0.39 is 0 Å². The highest BCUT2D eigenvalue weighted by Gasteiger charge is 2.18. The minimum atomic E-state index is 0.0754. The SMILES string of the molecule is Cc1nn(C)c(Cn2c3c(ccc2=O)CCC3)c1Br. The number of rotatable bonds is 2. The van der Waals surface area contributed by atoms with Gasteiger partial charge in [-0.1, -0.05) is 6.07 Å². The lowest BCUT2D eigenvalue weighted by atomic mass is 10.2. The van der Waals surface area contributed by atoms with E-state index >= 15 is 0 Å². The van der Waals surface area contributed by atoms with E-state index in [1.165, 1.54) is 11.3 Å². The van der Waals surface area contributed by atoms with E-state index in [2.05, 4.69) is 21.0 Å². The Morgan fingerprint density at radius 3 is 2.84 bits per heavy atom. The van der Waals surface area contributed by atoms with Crippen molar-refractivity contribution in [2.45, 2.75) is 32.7 Å². The lowest BCUT2D eigenvalue weighted by Crippen LogP contribution is -2.24. The van der Waals surface area contributed by atoms with E-state index in [0.29, 0.717) is 6.54 Å². The summed E-state index contributed by atoms with van der Waals surface area (Å²) in [5.41, 5.74) is 4.58. The average Bonchev–Trinajstić information content (AvgIpc) is 2.92. The molecule has 0 saturated heterocycles. The zero-order valence-electron chi connectivity index (χ0n) is 11.1. The Hall–Kier alpha value is -1.36. The zero-order chi connectivity index (χ0) is 13.6. The van der Waals surface area contributed by atoms with Gasteiger partial charge in [0.2, 0.25) is 0 Å². The molecule has 2 heterocycles. The molecular weight excluding hydrogens is 306 g/mol. The summed E-state index contributed by atoms with van der Waals surface area (Å²) < 4.78 is 4.74. The average molecular weight is 322 g/mol. The van der Waals surface area contributed by atoms with Crippen molar-refractivity contribution in [3.05, 3.63) is 49.6 Å². The van der Waals surface area contributed by atoms with E-state index in [1.54, 1.807) is 6.07 Å². The molecule has 0 radical (unpaired) electrons. The first-order chi connectivity index (χ1) is 9.08. The fourth-order valence-corrected chi connectivity index (χ4v) is 3.27. The van der Waals surface area contributed by atoms with E-state index in [1.807, 2.05) is 29.3 Å². The van der Waals surface area contributed by atoms with Gasteiger partial charge < -0.3 is 4.57 Å². The fourth-order valence-electron chi connectivity index (χ4n) is 2.81. The number of halogens is 1. The number of aryl methyl sites for hydroxylation is 3. The lowest BCUT2D eigenvalue weighted by Gasteiger charge is -2.12. The van der Waals surface area contributed by atoms with Gasteiger partial charge in [0.05, 0.1) is 22.4 Å². The van der Waals surface area contributed by atoms with Gasteiger partial charge in [0.25, 0.3) is 5.56 Å². The highest BCUT2D eigenvalue weighted by atomic mass is 79.9. The van der Waals surface area contributed by atoms with E-state index in [0.717, 1.165) is 35.1 Å². The largest absolute Gasteiger partial charge is 0.306 e. The predicted molar refractivity (Wildman–Crippen MR) is 77.5 cm³/mol. The molecular formula is C14H16BrN3O. The van der Waals surface area contributed by atoms with Gasteiger partial charge in [-0.15, -0.1) is 0 Å². The molecule has 5 heteroatoms. The number of hydrogen-bond acceptors (Lipinski definition) is 2. The van der Waals surface area contributed by atoms with Crippen LogP contribution in [0, 0.1) is 6.92 Å². The van der Waals surface area contributed by atoms with Crippen LogP contribution < -0.4 is 5.56 Å². The summed E-state index contributed by atoms with van der Waals surface area (Å²) >= 11 is 3.56. The molecule has 4 nitrogen and oxygen atoms in total. The molecule has 2 aromatic heterocycles. The van der Waals surface area contributed by atoms with E-state index in [9.17, 15) is 4.79 Å². The van der Waals surface area contributed by atoms with Crippen LogP contribution in [0.3, 0.4) is 0 Å². The fraction of sp³-hybridized carbons (Fsp3) is 0.429. The van der Waals surface area contributed by atoms with Crippen molar-refractivity contribution in [2.24, 2.45) is 7.05 Å². The quantitative estimate of drug-likeness (QED) is 0.850. The van der Waals surface area contributed by atoms with Gasteiger partial charge in [0.1, 0.15) is 0 Å². The van der Waals surface area contributed by atoms with Crippen molar-refractivity contribution in [2.75, 3.05) is 0 Å². The molecule has 0 unspecified atom stereocenters. The maximum atomic E-state index is 12.1. The molecule has 1 aliphatic rings. The Morgan fingerprint density at radius 2 is 2.16 bits per heavy atom. The molecule has 2 aromatic rings. The first-order valence-electron chi connectivity index (χ1n) is 6.47. The van der Waals surface area contributed by atoms with Crippen molar-refractivity contribution in [1.82, 2.24) is 14.3 Å². The van der Waals surface area contributed by atoms with Crippen molar-refractivity contribution in [3.63, 3.8) is 0 Å². The second kappa shape index (κ2) is 4.63. The zero-order valence-corrected chi connectivity index (χ0v) is 12.7. The normalized spacial score (nSPS) is 13.8. The molecule has 0 amide bonds.